The van der Waals surface area contributed by atoms with E-state index in [0.29, 0.717) is 0 Å². The summed E-state index contributed by atoms with van der Waals surface area (Å²) in [6.45, 7) is 0.956. The van der Waals surface area contributed by atoms with Crippen molar-refractivity contribution in [3.63, 3.8) is 0 Å². The Hall–Kier alpha value is -2.56. The van der Waals surface area contributed by atoms with E-state index in [-0.39, 0.29) is 12.1 Å². The number of carbonyl (C=O) groups is 1. The van der Waals surface area contributed by atoms with Gasteiger partial charge >= 0.3 is 6.03 Å². The number of hydrogen-bond acceptors (Lipinski definition) is 3. The van der Waals surface area contributed by atoms with Crippen LogP contribution in [-0.4, -0.2) is 24.3 Å². The summed E-state index contributed by atoms with van der Waals surface area (Å²) in [6, 6.07) is 5.90. The van der Waals surface area contributed by atoms with Crippen LogP contribution in [0.4, 0.5) is 16.2 Å². The lowest BCUT2D eigenvalue weighted by atomic mass is 10.0. The second kappa shape index (κ2) is 3.96. The Morgan fingerprint density at radius 1 is 1.40 bits per heavy atom. The van der Waals surface area contributed by atoms with Crippen molar-refractivity contribution in [3.8, 4) is 0 Å². The Morgan fingerprint density at radius 3 is 3.20 bits per heavy atom. The molecule has 100 valence electrons. The van der Waals surface area contributed by atoms with Crippen molar-refractivity contribution in [1.29, 1.82) is 0 Å². The number of anilines is 2. The molecule has 0 bridgehead atoms. The second-order valence-corrected chi connectivity index (χ2v) is 5.19. The highest BCUT2D eigenvalue weighted by molar-refractivity contribution is 6.19. The SMILES string of the molecule is Nc1ccc2c(c1)CCN2C1C=CC2=NC(=O)NC2=C1. The summed E-state index contributed by atoms with van der Waals surface area (Å²) in [6.07, 6.45) is 7.04. The van der Waals surface area contributed by atoms with E-state index in [1.165, 1.54) is 11.3 Å². The lowest BCUT2D eigenvalue weighted by Crippen LogP contribution is -2.34. The summed E-state index contributed by atoms with van der Waals surface area (Å²) >= 11 is 0. The van der Waals surface area contributed by atoms with E-state index >= 15 is 0 Å². The van der Waals surface area contributed by atoms with E-state index in [0.717, 1.165) is 30.1 Å². The topological polar surface area (TPSA) is 70.7 Å². The van der Waals surface area contributed by atoms with Crippen LogP contribution in [0.15, 0.2) is 47.1 Å². The first-order valence-corrected chi connectivity index (χ1v) is 6.66. The molecule has 3 N–H and O–H groups in total. The van der Waals surface area contributed by atoms with Crippen LogP contribution in [0.1, 0.15) is 5.56 Å². The predicted octanol–water partition coefficient (Wildman–Crippen LogP) is 1.62. The molecule has 1 aliphatic carbocycles. The third kappa shape index (κ3) is 1.63. The summed E-state index contributed by atoms with van der Waals surface area (Å²) < 4.78 is 0. The van der Waals surface area contributed by atoms with Gasteiger partial charge in [0.15, 0.2) is 0 Å². The Labute approximate surface area is 116 Å². The number of carbonyl (C=O) groups excluding carboxylic acids is 1. The molecular weight excluding hydrogens is 252 g/mol. The van der Waals surface area contributed by atoms with Crippen LogP contribution >= 0.6 is 0 Å². The zero-order valence-electron chi connectivity index (χ0n) is 10.8. The number of rotatable bonds is 1. The van der Waals surface area contributed by atoms with E-state index in [1.807, 2.05) is 18.2 Å². The van der Waals surface area contributed by atoms with Gasteiger partial charge in [0.05, 0.1) is 17.5 Å². The monoisotopic (exact) mass is 266 g/mol. The second-order valence-electron chi connectivity index (χ2n) is 5.19. The highest BCUT2D eigenvalue weighted by Gasteiger charge is 2.28. The molecule has 3 aliphatic rings. The number of hydrogen-bond donors (Lipinski definition) is 2. The molecule has 0 saturated heterocycles. The molecule has 0 saturated carbocycles. The van der Waals surface area contributed by atoms with E-state index < -0.39 is 0 Å². The number of nitrogens with one attached hydrogen (secondary N) is 1. The first kappa shape index (κ1) is 11.3. The van der Waals surface area contributed by atoms with Crippen molar-refractivity contribution < 1.29 is 4.79 Å². The maximum absolute atomic E-state index is 11.3. The quantitative estimate of drug-likeness (QED) is 0.759. The molecule has 0 radical (unpaired) electrons. The third-order valence-electron chi connectivity index (χ3n) is 3.92. The van der Waals surface area contributed by atoms with Crippen LogP contribution < -0.4 is 16.0 Å². The summed E-state index contributed by atoms with van der Waals surface area (Å²) in [4.78, 5) is 17.5. The Balaban J connectivity index is 1.67. The zero-order valence-corrected chi connectivity index (χ0v) is 10.8. The fourth-order valence-electron chi connectivity index (χ4n) is 3.00. The molecule has 1 unspecified atom stereocenters. The van der Waals surface area contributed by atoms with E-state index in [2.05, 4.69) is 33.4 Å². The fourth-order valence-corrected chi connectivity index (χ4v) is 3.00. The molecule has 4 rings (SSSR count). The number of nitrogen functional groups attached to an aromatic ring is 1. The van der Waals surface area contributed by atoms with Crippen LogP contribution in [0.5, 0.6) is 0 Å². The summed E-state index contributed by atoms with van der Waals surface area (Å²) in [5.41, 5.74) is 10.7. The van der Waals surface area contributed by atoms with Crippen molar-refractivity contribution >= 4 is 23.1 Å². The summed E-state index contributed by atoms with van der Waals surface area (Å²) in [7, 11) is 0. The normalized spacial score (nSPS) is 23.1. The average Bonchev–Trinajstić information content (AvgIpc) is 2.99. The molecule has 2 amide bonds. The minimum Gasteiger partial charge on any atom is -0.399 e. The maximum Gasteiger partial charge on any atom is 0.346 e. The number of nitrogens with two attached hydrogens (primary N) is 1. The molecule has 0 spiro atoms. The maximum atomic E-state index is 11.3. The summed E-state index contributed by atoms with van der Waals surface area (Å²) in [5.74, 6) is 0. The number of nitrogens with zero attached hydrogens (tertiary/aromatic N) is 2. The molecule has 5 nitrogen and oxygen atoms in total. The van der Waals surface area contributed by atoms with Crippen LogP contribution in [0.2, 0.25) is 0 Å². The van der Waals surface area contributed by atoms with Gasteiger partial charge in [-0.2, -0.15) is 4.99 Å². The van der Waals surface area contributed by atoms with Gasteiger partial charge in [0.25, 0.3) is 0 Å². The Morgan fingerprint density at radius 2 is 2.30 bits per heavy atom. The van der Waals surface area contributed by atoms with E-state index in [4.69, 9.17) is 5.73 Å². The Kier molecular flexibility index (Phi) is 2.24. The lowest BCUT2D eigenvalue weighted by Gasteiger charge is -2.28. The average molecular weight is 266 g/mol. The third-order valence-corrected chi connectivity index (χ3v) is 3.92. The number of allylic oxidation sites excluding steroid dienone is 1. The number of aliphatic imine (C=N–C) groups is 1. The number of amides is 2. The highest BCUT2D eigenvalue weighted by atomic mass is 16.2. The molecule has 2 aliphatic heterocycles. The van der Waals surface area contributed by atoms with Gasteiger partial charge in [0.2, 0.25) is 0 Å². The minimum atomic E-state index is -0.286. The smallest absolute Gasteiger partial charge is 0.346 e. The van der Waals surface area contributed by atoms with Crippen molar-refractivity contribution in [3.05, 3.63) is 47.7 Å². The molecule has 1 aromatic carbocycles. The molecule has 1 aromatic rings. The van der Waals surface area contributed by atoms with Gasteiger partial charge in [-0.25, -0.2) is 4.79 Å². The highest BCUT2D eigenvalue weighted by Crippen LogP contribution is 2.33. The standard InChI is InChI=1S/C15H14N4O/c16-10-1-4-14-9(7-10)5-6-19(14)11-2-3-12-13(8-11)18-15(20)17-12/h1-4,7-8,11H,5-6,16H2,(H,18,20). The van der Waals surface area contributed by atoms with Gasteiger partial charge in [-0.3, -0.25) is 0 Å². The van der Waals surface area contributed by atoms with Gasteiger partial charge in [-0.1, -0.05) is 6.08 Å². The molecular formula is C15H14N4O. The number of benzene rings is 1. The molecule has 0 aromatic heterocycles. The van der Waals surface area contributed by atoms with Crippen LogP contribution in [0.25, 0.3) is 0 Å². The van der Waals surface area contributed by atoms with Gasteiger partial charge < -0.3 is 16.0 Å². The number of fused-ring (bicyclic) bond motifs is 2. The van der Waals surface area contributed by atoms with Crippen molar-refractivity contribution in [2.24, 2.45) is 4.99 Å². The largest absolute Gasteiger partial charge is 0.399 e. The van der Waals surface area contributed by atoms with E-state index in [1.54, 1.807) is 0 Å². The number of urea groups is 1. The lowest BCUT2D eigenvalue weighted by molar-refractivity contribution is 0.253. The first-order chi connectivity index (χ1) is 9.70. The van der Waals surface area contributed by atoms with Gasteiger partial charge in [-0.05, 0) is 42.3 Å². The van der Waals surface area contributed by atoms with Crippen LogP contribution in [0.3, 0.4) is 0 Å². The first-order valence-electron chi connectivity index (χ1n) is 6.66. The fraction of sp³-hybridized carbons (Fsp3) is 0.200. The predicted molar refractivity (Wildman–Crippen MR) is 78.9 cm³/mol. The zero-order chi connectivity index (χ0) is 13.7. The van der Waals surface area contributed by atoms with Crippen LogP contribution in [-0.2, 0) is 6.42 Å². The van der Waals surface area contributed by atoms with Crippen molar-refractivity contribution in [2.45, 2.75) is 12.5 Å². The van der Waals surface area contributed by atoms with E-state index in [9.17, 15) is 4.79 Å². The van der Waals surface area contributed by atoms with Crippen molar-refractivity contribution in [2.75, 3.05) is 17.2 Å². The molecule has 1 atom stereocenters. The van der Waals surface area contributed by atoms with Crippen molar-refractivity contribution in [1.82, 2.24) is 5.32 Å². The van der Waals surface area contributed by atoms with Gasteiger partial charge in [0.1, 0.15) is 0 Å². The minimum absolute atomic E-state index is 0.146. The molecule has 20 heavy (non-hydrogen) atoms. The molecule has 0 fully saturated rings. The van der Waals surface area contributed by atoms with Gasteiger partial charge in [-0.15, -0.1) is 0 Å². The van der Waals surface area contributed by atoms with Gasteiger partial charge in [0, 0.05) is 17.9 Å². The molecule has 2 heterocycles. The van der Waals surface area contributed by atoms with Crippen LogP contribution in [0, 0.1) is 0 Å². The molecule has 5 heteroatoms. The summed E-state index contributed by atoms with van der Waals surface area (Å²) in [5, 5.41) is 2.76. The Bertz CT molecular complexity index is 702.